The zero-order valence-corrected chi connectivity index (χ0v) is 10.0. The van der Waals surface area contributed by atoms with Crippen LogP contribution in [0, 0.1) is 11.8 Å². The van der Waals surface area contributed by atoms with E-state index in [0.717, 1.165) is 5.57 Å². The minimum atomic E-state index is -0.331. The summed E-state index contributed by atoms with van der Waals surface area (Å²) < 4.78 is 0. The Morgan fingerprint density at radius 3 is 2.44 bits per heavy atom. The summed E-state index contributed by atoms with van der Waals surface area (Å²) in [6, 6.07) is 9.10. The zero-order chi connectivity index (χ0) is 12.7. The number of rotatable bonds is 1. The van der Waals surface area contributed by atoms with Crippen molar-refractivity contribution in [2.45, 2.75) is 6.92 Å². The van der Waals surface area contributed by atoms with Crippen LogP contribution in [0.3, 0.4) is 0 Å². The van der Waals surface area contributed by atoms with E-state index in [-0.39, 0.29) is 23.7 Å². The van der Waals surface area contributed by atoms with E-state index in [0.29, 0.717) is 5.69 Å². The van der Waals surface area contributed by atoms with E-state index in [4.69, 9.17) is 0 Å². The van der Waals surface area contributed by atoms with Gasteiger partial charge in [-0.2, -0.15) is 0 Å². The van der Waals surface area contributed by atoms with E-state index in [9.17, 15) is 9.59 Å². The highest BCUT2D eigenvalue weighted by atomic mass is 16.2. The Kier molecular flexibility index (Phi) is 2.40. The van der Waals surface area contributed by atoms with Crippen molar-refractivity contribution in [2.24, 2.45) is 11.8 Å². The third-order valence-electron chi connectivity index (χ3n) is 3.53. The number of nitrogens with zero attached hydrogens (tertiary/aromatic N) is 1. The van der Waals surface area contributed by atoms with Crippen LogP contribution < -0.4 is 4.90 Å². The summed E-state index contributed by atoms with van der Waals surface area (Å²) in [4.78, 5) is 26.0. The molecule has 18 heavy (non-hydrogen) atoms. The van der Waals surface area contributed by atoms with Crippen LogP contribution in [0.2, 0.25) is 0 Å². The SMILES string of the molecule is CC1=CC=CC2C(=O)N(c3ccccc3)C(=O)C12. The highest BCUT2D eigenvalue weighted by Gasteiger charge is 2.48. The lowest BCUT2D eigenvalue weighted by Gasteiger charge is -2.15. The summed E-state index contributed by atoms with van der Waals surface area (Å²) in [5, 5.41) is 0. The van der Waals surface area contributed by atoms with Crippen molar-refractivity contribution in [3.8, 4) is 0 Å². The molecule has 0 N–H and O–H groups in total. The van der Waals surface area contributed by atoms with Gasteiger partial charge in [0.05, 0.1) is 17.5 Å². The number of hydrogen-bond acceptors (Lipinski definition) is 2. The number of para-hydroxylation sites is 1. The molecule has 1 aromatic carbocycles. The van der Waals surface area contributed by atoms with E-state index < -0.39 is 0 Å². The quantitative estimate of drug-likeness (QED) is 0.705. The van der Waals surface area contributed by atoms with Crippen LogP contribution in [0.1, 0.15) is 6.92 Å². The molecule has 2 atom stereocenters. The molecule has 2 unspecified atom stereocenters. The molecule has 3 heteroatoms. The highest BCUT2D eigenvalue weighted by Crippen LogP contribution is 2.37. The first-order valence-corrected chi connectivity index (χ1v) is 5.98. The second kappa shape index (κ2) is 3.95. The van der Waals surface area contributed by atoms with Crippen LogP contribution >= 0.6 is 0 Å². The van der Waals surface area contributed by atoms with Gasteiger partial charge in [-0.25, -0.2) is 4.90 Å². The van der Waals surface area contributed by atoms with Crippen LogP contribution in [0.25, 0.3) is 0 Å². The second-order valence-electron chi connectivity index (χ2n) is 4.65. The number of carbonyl (C=O) groups is 2. The van der Waals surface area contributed by atoms with Gasteiger partial charge >= 0.3 is 0 Å². The number of allylic oxidation sites excluding steroid dienone is 2. The van der Waals surface area contributed by atoms with E-state index in [1.165, 1.54) is 4.90 Å². The van der Waals surface area contributed by atoms with Crippen LogP contribution in [-0.2, 0) is 9.59 Å². The molecule has 1 aliphatic heterocycles. The lowest BCUT2D eigenvalue weighted by molar-refractivity contribution is -0.122. The first kappa shape index (κ1) is 11.0. The van der Waals surface area contributed by atoms with E-state index in [2.05, 4.69) is 0 Å². The molecule has 2 amide bonds. The maximum atomic E-state index is 12.4. The fourth-order valence-electron chi connectivity index (χ4n) is 2.63. The van der Waals surface area contributed by atoms with Crippen LogP contribution in [0.5, 0.6) is 0 Å². The minimum absolute atomic E-state index is 0.116. The molecule has 1 fully saturated rings. The summed E-state index contributed by atoms with van der Waals surface area (Å²) in [7, 11) is 0. The maximum Gasteiger partial charge on any atom is 0.242 e. The molecule has 0 bridgehead atoms. The molecular formula is C15H13NO2. The van der Waals surface area contributed by atoms with E-state index in [1.807, 2.05) is 43.4 Å². The van der Waals surface area contributed by atoms with Crippen molar-refractivity contribution in [3.05, 3.63) is 54.1 Å². The molecular weight excluding hydrogens is 226 g/mol. The fraction of sp³-hybridized carbons (Fsp3) is 0.200. The number of amides is 2. The Bertz CT molecular complexity index is 571. The molecule has 3 nitrogen and oxygen atoms in total. The maximum absolute atomic E-state index is 12.4. The second-order valence-corrected chi connectivity index (χ2v) is 4.65. The molecule has 0 spiro atoms. The Morgan fingerprint density at radius 2 is 1.78 bits per heavy atom. The monoisotopic (exact) mass is 239 g/mol. The summed E-state index contributed by atoms with van der Waals surface area (Å²) in [5.74, 6) is -0.889. The standard InChI is InChI=1S/C15H13NO2/c1-10-6-5-9-12-13(10)15(18)16(14(12)17)11-7-3-2-4-8-11/h2-9,12-13H,1H3. The Morgan fingerprint density at radius 1 is 1.06 bits per heavy atom. The molecule has 90 valence electrons. The smallest absolute Gasteiger partial charge is 0.242 e. The van der Waals surface area contributed by atoms with Gasteiger partial charge in [0.15, 0.2) is 0 Å². The number of fused-ring (bicyclic) bond motifs is 1. The molecule has 1 aromatic rings. The average Bonchev–Trinajstić information content (AvgIpc) is 2.64. The van der Waals surface area contributed by atoms with Gasteiger partial charge in [-0.15, -0.1) is 0 Å². The lowest BCUT2D eigenvalue weighted by Crippen LogP contribution is -2.30. The summed E-state index contributed by atoms with van der Waals surface area (Å²) in [6.07, 6.45) is 5.58. The van der Waals surface area contributed by atoms with Crippen LogP contribution in [0.4, 0.5) is 5.69 Å². The molecule has 1 saturated heterocycles. The van der Waals surface area contributed by atoms with Crippen molar-refractivity contribution in [2.75, 3.05) is 4.90 Å². The van der Waals surface area contributed by atoms with Crippen LogP contribution in [-0.4, -0.2) is 11.8 Å². The first-order chi connectivity index (χ1) is 8.70. The summed E-state index contributed by atoms with van der Waals surface area (Å²) in [5.41, 5.74) is 1.61. The lowest BCUT2D eigenvalue weighted by atomic mass is 9.85. The number of imide groups is 1. The van der Waals surface area contributed by atoms with Crippen molar-refractivity contribution in [1.82, 2.24) is 0 Å². The van der Waals surface area contributed by atoms with Gasteiger partial charge in [0.2, 0.25) is 11.8 Å². The highest BCUT2D eigenvalue weighted by molar-refractivity contribution is 6.23. The number of hydrogen-bond donors (Lipinski definition) is 0. The normalized spacial score (nSPS) is 26.3. The third kappa shape index (κ3) is 1.44. The number of anilines is 1. The first-order valence-electron chi connectivity index (χ1n) is 5.98. The van der Waals surface area contributed by atoms with Gasteiger partial charge in [-0.05, 0) is 19.1 Å². The number of carbonyl (C=O) groups excluding carboxylic acids is 2. The predicted molar refractivity (Wildman–Crippen MR) is 68.8 cm³/mol. The molecule has 0 radical (unpaired) electrons. The molecule has 0 saturated carbocycles. The third-order valence-corrected chi connectivity index (χ3v) is 3.53. The number of benzene rings is 1. The Balaban J connectivity index is 2.05. The van der Waals surface area contributed by atoms with E-state index >= 15 is 0 Å². The molecule has 1 aliphatic carbocycles. The fourth-order valence-corrected chi connectivity index (χ4v) is 2.63. The Labute approximate surface area is 105 Å². The largest absolute Gasteiger partial charge is 0.273 e. The average molecular weight is 239 g/mol. The van der Waals surface area contributed by atoms with Gasteiger partial charge in [0, 0.05) is 0 Å². The van der Waals surface area contributed by atoms with Crippen molar-refractivity contribution < 1.29 is 9.59 Å². The van der Waals surface area contributed by atoms with Gasteiger partial charge in [-0.1, -0.05) is 42.0 Å². The van der Waals surface area contributed by atoms with Crippen molar-refractivity contribution in [3.63, 3.8) is 0 Å². The van der Waals surface area contributed by atoms with Gasteiger partial charge in [0.1, 0.15) is 0 Å². The van der Waals surface area contributed by atoms with E-state index in [1.54, 1.807) is 12.1 Å². The van der Waals surface area contributed by atoms with Gasteiger partial charge < -0.3 is 0 Å². The Hall–Kier alpha value is -2.16. The van der Waals surface area contributed by atoms with Gasteiger partial charge in [-0.3, -0.25) is 9.59 Å². The molecule has 3 rings (SSSR count). The summed E-state index contributed by atoms with van der Waals surface area (Å²) in [6.45, 7) is 1.90. The topological polar surface area (TPSA) is 37.4 Å². The minimum Gasteiger partial charge on any atom is -0.273 e. The van der Waals surface area contributed by atoms with Crippen LogP contribution in [0.15, 0.2) is 54.1 Å². The molecule has 1 heterocycles. The molecule has 0 aromatic heterocycles. The predicted octanol–water partition coefficient (Wildman–Crippen LogP) is 2.31. The van der Waals surface area contributed by atoms with Crippen molar-refractivity contribution >= 4 is 17.5 Å². The van der Waals surface area contributed by atoms with Crippen molar-refractivity contribution in [1.29, 1.82) is 0 Å². The summed E-state index contributed by atoms with van der Waals surface area (Å²) >= 11 is 0. The zero-order valence-electron chi connectivity index (χ0n) is 10.0. The van der Waals surface area contributed by atoms with Gasteiger partial charge in [0.25, 0.3) is 0 Å². The molecule has 2 aliphatic rings.